The number of benzene rings is 2. The van der Waals surface area contributed by atoms with Gasteiger partial charge in [-0.2, -0.15) is 0 Å². The van der Waals surface area contributed by atoms with Gasteiger partial charge in [0.25, 0.3) is 5.91 Å². The SMILES string of the molecule is COc1ccccc1OCC(=O)NCc1nnc(-c2cccc(C)c2)o1. The molecule has 0 aliphatic rings. The number of para-hydroxylation sites is 2. The molecular weight excluding hydrogens is 334 g/mol. The van der Waals surface area contributed by atoms with Gasteiger partial charge in [0.05, 0.1) is 13.7 Å². The van der Waals surface area contributed by atoms with Crippen molar-refractivity contribution in [3.05, 3.63) is 60.0 Å². The second-order valence-corrected chi connectivity index (χ2v) is 5.59. The zero-order valence-corrected chi connectivity index (χ0v) is 14.6. The molecule has 1 amide bonds. The van der Waals surface area contributed by atoms with Crippen LogP contribution >= 0.6 is 0 Å². The van der Waals surface area contributed by atoms with Gasteiger partial charge in [0.15, 0.2) is 18.1 Å². The molecule has 3 rings (SSSR count). The summed E-state index contributed by atoms with van der Waals surface area (Å²) >= 11 is 0. The Morgan fingerprint density at radius 3 is 2.69 bits per heavy atom. The molecule has 0 atom stereocenters. The molecule has 26 heavy (non-hydrogen) atoms. The molecule has 134 valence electrons. The summed E-state index contributed by atoms with van der Waals surface area (Å²) in [6, 6.07) is 14.9. The molecule has 0 unspecified atom stereocenters. The summed E-state index contributed by atoms with van der Waals surface area (Å²) in [5.41, 5.74) is 1.94. The number of nitrogens with zero attached hydrogens (tertiary/aromatic N) is 2. The molecule has 1 heterocycles. The van der Waals surface area contributed by atoms with Gasteiger partial charge in [-0.05, 0) is 31.2 Å². The average Bonchev–Trinajstić information content (AvgIpc) is 3.14. The highest BCUT2D eigenvalue weighted by atomic mass is 16.5. The lowest BCUT2D eigenvalue weighted by Gasteiger charge is -2.09. The van der Waals surface area contributed by atoms with E-state index in [1.54, 1.807) is 25.3 Å². The van der Waals surface area contributed by atoms with E-state index in [4.69, 9.17) is 13.9 Å². The number of rotatable bonds is 7. The van der Waals surface area contributed by atoms with Crippen LogP contribution in [0.1, 0.15) is 11.5 Å². The Morgan fingerprint density at radius 1 is 1.12 bits per heavy atom. The van der Waals surface area contributed by atoms with Gasteiger partial charge in [-0.25, -0.2) is 0 Å². The second-order valence-electron chi connectivity index (χ2n) is 5.59. The minimum atomic E-state index is -0.300. The van der Waals surface area contributed by atoms with E-state index in [-0.39, 0.29) is 19.1 Å². The number of ether oxygens (including phenoxy) is 2. The van der Waals surface area contributed by atoms with Crippen LogP contribution in [0.3, 0.4) is 0 Å². The second kappa shape index (κ2) is 8.15. The van der Waals surface area contributed by atoms with Crippen molar-refractivity contribution in [2.24, 2.45) is 0 Å². The molecule has 0 saturated carbocycles. The third-order valence-corrected chi connectivity index (χ3v) is 3.60. The van der Waals surface area contributed by atoms with Gasteiger partial charge in [0, 0.05) is 5.56 Å². The van der Waals surface area contributed by atoms with Crippen molar-refractivity contribution in [1.29, 1.82) is 0 Å². The lowest BCUT2D eigenvalue weighted by molar-refractivity contribution is -0.123. The molecule has 2 aromatic carbocycles. The normalized spacial score (nSPS) is 10.4. The lowest BCUT2D eigenvalue weighted by atomic mass is 10.1. The number of amides is 1. The van der Waals surface area contributed by atoms with Crippen molar-refractivity contribution in [3.63, 3.8) is 0 Å². The molecule has 7 heteroatoms. The Bertz CT molecular complexity index is 892. The van der Waals surface area contributed by atoms with Gasteiger partial charge in [-0.1, -0.05) is 29.8 Å². The molecule has 1 N–H and O–H groups in total. The van der Waals surface area contributed by atoms with Crippen LogP contribution in [0, 0.1) is 6.92 Å². The van der Waals surface area contributed by atoms with Crippen molar-refractivity contribution >= 4 is 5.91 Å². The number of carbonyl (C=O) groups is 1. The van der Waals surface area contributed by atoms with E-state index in [1.807, 2.05) is 37.3 Å². The van der Waals surface area contributed by atoms with Crippen molar-refractivity contribution in [2.45, 2.75) is 13.5 Å². The number of methoxy groups -OCH3 is 1. The maximum absolute atomic E-state index is 11.9. The molecule has 0 aliphatic carbocycles. The number of hydrogen-bond acceptors (Lipinski definition) is 6. The van der Waals surface area contributed by atoms with Crippen LogP contribution in [0.5, 0.6) is 11.5 Å². The van der Waals surface area contributed by atoms with E-state index in [9.17, 15) is 4.79 Å². The van der Waals surface area contributed by atoms with E-state index in [2.05, 4.69) is 15.5 Å². The van der Waals surface area contributed by atoms with Crippen LogP contribution in [0.25, 0.3) is 11.5 Å². The van der Waals surface area contributed by atoms with E-state index >= 15 is 0 Å². The fraction of sp³-hybridized carbons (Fsp3) is 0.211. The van der Waals surface area contributed by atoms with Crippen molar-refractivity contribution in [2.75, 3.05) is 13.7 Å². The third kappa shape index (κ3) is 4.38. The Kier molecular flexibility index (Phi) is 5.48. The first-order chi connectivity index (χ1) is 12.7. The van der Waals surface area contributed by atoms with Crippen LogP contribution < -0.4 is 14.8 Å². The summed E-state index contributed by atoms with van der Waals surface area (Å²) in [5.74, 6) is 1.52. The van der Waals surface area contributed by atoms with Gasteiger partial charge in [0.2, 0.25) is 11.8 Å². The Morgan fingerprint density at radius 2 is 1.92 bits per heavy atom. The number of aryl methyl sites for hydroxylation is 1. The Labute approximate surface area is 151 Å². The van der Waals surface area contributed by atoms with E-state index in [0.717, 1.165) is 11.1 Å². The number of carbonyl (C=O) groups excluding carboxylic acids is 1. The first kappa shape index (κ1) is 17.5. The molecule has 7 nitrogen and oxygen atoms in total. The first-order valence-electron chi connectivity index (χ1n) is 8.07. The third-order valence-electron chi connectivity index (χ3n) is 3.60. The standard InChI is InChI=1S/C19H19N3O4/c1-13-6-5-7-14(10-13)19-22-21-18(26-19)11-20-17(23)12-25-16-9-4-3-8-15(16)24-2/h3-10H,11-12H2,1-2H3,(H,20,23). The predicted octanol–water partition coefficient (Wildman–Crippen LogP) is 2.75. The maximum Gasteiger partial charge on any atom is 0.258 e. The number of hydrogen-bond donors (Lipinski definition) is 1. The number of aromatic nitrogens is 2. The summed E-state index contributed by atoms with van der Waals surface area (Å²) < 4.78 is 16.2. The van der Waals surface area contributed by atoms with Gasteiger partial charge >= 0.3 is 0 Å². The maximum atomic E-state index is 11.9. The van der Waals surface area contributed by atoms with Crippen LogP contribution in [0.4, 0.5) is 0 Å². The van der Waals surface area contributed by atoms with Gasteiger partial charge in [-0.15, -0.1) is 10.2 Å². The lowest BCUT2D eigenvalue weighted by Crippen LogP contribution is -2.28. The van der Waals surface area contributed by atoms with Crippen molar-refractivity contribution < 1.29 is 18.7 Å². The minimum absolute atomic E-state index is 0.132. The Hall–Kier alpha value is -3.35. The molecule has 0 bridgehead atoms. The molecule has 0 radical (unpaired) electrons. The van der Waals surface area contributed by atoms with E-state index in [1.165, 1.54) is 0 Å². The predicted molar refractivity (Wildman–Crippen MR) is 94.8 cm³/mol. The smallest absolute Gasteiger partial charge is 0.258 e. The van der Waals surface area contributed by atoms with Gasteiger partial charge in [-0.3, -0.25) is 4.79 Å². The summed E-state index contributed by atoms with van der Waals surface area (Å²) in [4.78, 5) is 11.9. The fourth-order valence-corrected chi connectivity index (χ4v) is 2.33. The van der Waals surface area contributed by atoms with Crippen LogP contribution in [0.2, 0.25) is 0 Å². The summed E-state index contributed by atoms with van der Waals surface area (Å²) in [7, 11) is 1.55. The Balaban J connectivity index is 1.52. The minimum Gasteiger partial charge on any atom is -0.493 e. The van der Waals surface area contributed by atoms with Gasteiger partial charge in [0.1, 0.15) is 0 Å². The molecule has 0 fully saturated rings. The van der Waals surface area contributed by atoms with Crippen molar-refractivity contribution in [3.8, 4) is 23.0 Å². The molecule has 1 aromatic heterocycles. The van der Waals surface area contributed by atoms with Crippen LogP contribution in [0.15, 0.2) is 52.9 Å². The van der Waals surface area contributed by atoms with E-state index < -0.39 is 0 Å². The number of nitrogens with one attached hydrogen (secondary N) is 1. The zero-order chi connectivity index (χ0) is 18.4. The quantitative estimate of drug-likeness (QED) is 0.703. The largest absolute Gasteiger partial charge is 0.493 e. The van der Waals surface area contributed by atoms with Crippen LogP contribution in [-0.2, 0) is 11.3 Å². The highest BCUT2D eigenvalue weighted by Gasteiger charge is 2.11. The molecule has 0 spiro atoms. The highest BCUT2D eigenvalue weighted by Crippen LogP contribution is 2.25. The molecule has 3 aromatic rings. The monoisotopic (exact) mass is 353 g/mol. The average molecular weight is 353 g/mol. The summed E-state index contributed by atoms with van der Waals surface area (Å²) in [6.07, 6.45) is 0. The molecule has 0 aliphatic heterocycles. The van der Waals surface area contributed by atoms with E-state index in [0.29, 0.717) is 23.3 Å². The molecule has 0 saturated heterocycles. The summed E-state index contributed by atoms with van der Waals surface area (Å²) in [6.45, 7) is 1.98. The topological polar surface area (TPSA) is 86.5 Å². The highest BCUT2D eigenvalue weighted by molar-refractivity contribution is 5.77. The van der Waals surface area contributed by atoms with Crippen molar-refractivity contribution in [1.82, 2.24) is 15.5 Å². The first-order valence-corrected chi connectivity index (χ1v) is 8.07. The fourth-order valence-electron chi connectivity index (χ4n) is 2.33. The van der Waals surface area contributed by atoms with Gasteiger partial charge < -0.3 is 19.2 Å². The molecular formula is C19H19N3O4. The zero-order valence-electron chi connectivity index (χ0n) is 14.6. The van der Waals surface area contributed by atoms with Crippen LogP contribution in [-0.4, -0.2) is 29.8 Å². The summed E-state index contributed by atoms with van der Waals surface area (Å²) in [5, 5.41) is 10.6.